The van der Waals surface area contributed by atoms with Crippen LogP contribution >= 0.6 is 11.3 Å². The van der Waals surface area contributed by atoms with E-state index in [9.17, 15) is 4.79 Å². The molecule has 2 N–H and O–H groups in total. The molecule has 4 heteroatoms. The zero-order valence-electron chi connectivity index (χ0n) is 13.4. The number of amides is 1. The predicted molar refractivity (Wildman–Crippen MR) is 92.5 cm³/mol. The molecular formula is C18H24N2OS. The molecule has 2 rings (SSSR count). The molecule has 0 bridgehead atoms. The summed E-state index contributed by atoms with van der Waals surface area (Å²) >= 11 is 1.68. The Hall–Kier alpha value is -1.65. The SMILES string of the molecule is CC(C(=O)N(Cc1cccs1)C(C)C)C(N)c1ccccc1. The summed E-state index contributed by atoms with van der Waals surface area (Å²) in [6.07, 6.45) is 0. The average Bonchev–Trinajstić information content (AvgIpc) is 3.04. The minimum atomic E-state index is -0.279. The third kappa shape index (κ3) is 3.96. The van der Waals surface area contributed by atoms with Gasteiger partial charge in [-0.2, -0.15) is 0 Å². The zero-order valence-corrected chi connectivity index (χ0v) is 14.2. The van der Waals surface area contributed by atoms with Crippen LogP contribution in [0.15, 0.2) is 47.8 Å². The second-order valence-electron chi connectivity index (χ2n) is 5.86. The van der Waals surface area contributed by atoms with Crippen LogP contribution in [0, 0.1) is 5.92 Å². The molecule has 3 nitrogen and oxygen atoms in total. The monoisotopic (exact) mass is 316 g/mol. The minimum Gasteiger partial charge on any atom is -0.335 e. The predicted octanol–water partition coefficient (Wildman–Crippen LogP) is 3.82. The normalized spacial score (nSPS) is 13.9. The molecule has 2 unspecified atom stereocenters. The van der Waals surface area contributed by atoms with Crippen LogP contribution in [0.1, 0.15) is 37.3 Å². The van der Waals surface area contributed by atoms with Gasteiger partial charge in [0, 0.05) is 17.0 Å². The van der Waals surface area contributed by atoms with Crippen molar-refractivity contribution in [3.05, 3.63) is 58.3 Å². The smallest absolute Gasteiger partial charge is 0.227 e. The molecule has 1 heterocycles. The van der Waals surface area contributed by atoms with Gasteiger partial charge in [0.2, 0.25) is 5.91 Å². The lowest BCUT2D eigenvalue weighted by Crippen LogP contribution is -2.42. The fraction of sp³-hybridized carbons (Fsp3) is 0.389. The van der Waals surface area contributed by atoms with Gasteiger partial charge in [0.1, 0.15) is 0 Å². The van der Waals surface area contributed by atoms with Gasteiger partial charge in [0.25, 0.3) is 0 Å². The molecule has 0 radical (unpaired) electrons. The Labute approximate surface area is 136 Å². The van der Waals surface area contributed by atoms with Crippen molar-refractivity contribution in [3.63, 3.8) is 0 Å². The lowest BCUT2D eigenvalue weighted by atomic mass is 9.93. The van der Waals surface area contributed by atoms with E-state index in [2.05, 4.69) is 6.07 Å². The summed E-state index contributed by atoms with van der Waals surface area (Å²) in [7, 11) is 0. The number of nitrogens with zero attached hydrogens (tertiary/aromatic N) is 1. The Morgan fingerprint density at radius 1 is 1.14 bits per heavy atom. The first-order valence-corrected chi connectivity index (χ1v) is 8.52. The summed E-state index contributed by atoms with van der Waals surface area (Å²) in [5, 5.41) is 2.04. The van der Waals surface area contributed by atoms with Crippen LogP contribution in [-0.4, -0.2) is 16.8 Å². The Kier molecular flexibility index (Phi) is 5.75. The molecular weight excluding hydrogens is 292 g/mol. The van der Waals surface area contributed by atoms with Gasteiger partial charge in [0.05, 0.1) is 12.5 Å². The lowest BCUT2D eigenvalue weighted by Gasteiger charge is -2.31. The third-order valence-corrected chi connectivity index (χ3v) is 4.79. The Bertz CT molecular complexity index is 580. The van der Waals surface area contributed by atoms with Crippen molar-refractivity contribution in [1.29, 1.82) is 0 Å². The maximum absolute atomic E-state index is 12.9. The van der Waals surface area contributed by atoms with Crippen molar-refractivity contribution in [2.45, 2.75) is 39.4 Å². The highest BCUT2D eigenvalue weighted by molar-refractivity contribution is 7.09. The highest BCUT2D eigenvalue weighted by Crippen LogP contribution is 2.23. The molecule has 0 spiro atoms. The van der Waals surface area contributed by atoms with Crippen LogP contribution in [-0.2, 0) is 11.3 Å². The second kappa shape index (κ2) is 7.56. The molecule has 0 aliphatic heterocycles. The Morgan fingerprint density at radius 3 is 2.36 bits per heavy atom. The standard InChI is InChI=1S/C18H24N2OS/c1-13(2)20(12-16-10-7-11-22-16)18(21)14(3)17(19)15-8-5-4-6-9-15/h4-11,13-14,17H,12,19H2,1-3H3. The molecule has 0 aliphatic carbocycles. The summed E-state index contributed by atoms with van der Waals surface area (Å²) in [6.45, 7) is 6.67. The highest BCUT2D eigenvalue weighted by Gasteiger charge is 2.28. The summed E-state index contributed by atoms with van der Waals surface area (Å²) in [4.78, 5) is 16.0. The number of rotatable bonds is 6. The molecule has 0 fully saturated rings. The van der Waals surface area contributed by atoms with E-state index in [-0.39, 0.29) is 23.9 Å². The summed E-state index contributed by atoms with van der Waals surface area (Å²) < 4.78 is 0. The summed E-state index contributed by atoms with van der Waals surface area (Å²) in [6, 6.07) is 13.8. The molecule has 1 amide bonds. The van der Waals surface area contributed by atoms with E-state index < -0.39 is 0 Å². The van der Waals surface area contributed by atoms with E-state index >= 15 is 0 Å². The van der Waals surface area contributed by atoms with Crippen LogP contribution in [0.5, 0.6) is 0 Å². The van der Waals surface area contributed by atoms with Crippen LogP contribution < -0.4 is 5.73 Å². The van der Waals surface area contributed by atoms with Gasteiger partial charge in [-0.3, -0.25) is 4.79 Å². The molecule has 0 aliphatic rings. The molecule has 2 atom stereocenters. The first-order chi connectivity index (χ1) is 10.5. The second-order valence-corrected chi connectivity index (χ2v) is 6.90. The lowest BCUT2D eigenvalue weighted by molar-refractivity contribution is -0.138. The van der Waals surface area contributed by atoms with Crippen molar-refractivity contribution in [2.75, 3.05) is 0 Å². The van der Waals surface area contributed by atoms with Crippen molar-refractivity contribution < 1.29 is 4.79 Å². The van der Waals surface area contributed by atoms with E-state index in [1.54, 1.807) is 11.3 Å². The number of carbonyl (C=O) groups is 1. The number of carbonyl (C=O) groups excluding carboxylic acids is 1. The molecule has 1 aromatic carbocycles. The number of hydrogen-bond acceptors (Lipinski definition) is 3. The van der Waals surface area contributed by atoms with Gasteiger partial charge in [-0.05, 0) is 30.9 Å². The number of benzene rings is 1. The van der Waals surface area contributed by atoms with E-state index in [4.69, 9.17) is 5.73 Å². The van der Waals surface area contributed by atoms with Crippen LogP contribution in [0.2, 0.25) is 0 Å². The van der Waals surface area contributed by atoms with Crippen LogP contribution in [0.3, 0.4) is 0 Å². The third-order valence-electron chi connectivity index (χ3n) is 3.93. The van der Waals surface area contributed by atoms with Gasteiger partial charge >= 0.3 is 0 Å². The molecule has 22 heavy (non-hydrogen) atoms. The number of hydrogen-bond donors (Lipinski definition) is 1. The van der Waals surface area contributed by atoms with Crippen LogP contribution in [0.4, 0.5) is 0 Å². The van der Waals surface area contributed by atoms with E-state index in [1.807, 2.05) is 67.4 Å². The maximum Gasteiger partial charge on any atom is 0.227 e. The minimum absolute atomic E-state index is 0.111. The van der Waals surface area contributed by atoms with Gasteiger partial charge in [-0.15, -0.1) is 11.3 Å². The fourth-order valence-corrected chi connectivity index (χ4v) is 3.17. The van der Waals surface area contributed by atoms with Crippen molar-refractivity contribution in [2.24, 2.45) is 11.7 Å². The molecule has 0 saturated heterocycles. The van der Waals surface area contributed by atoms with Crippen molar-refractivity contribution in [3.8, 4) is 0 Å². The van der Waals surface area contributed by atoms with Crippen molar-refractivity contribution in [1.82, 2.24) is 4.90 Å². The van der Waals surface area contributed by atoms with E-state index in [1.165, 1.54) is 4.88 Å². The van der Waals surface area contributed by atoms with Gasteiger partial charge in [-0.1, -0.05) is 43.3 Å². The molecule has 1 aromatic heterocycles. The first kappa shape index (κ1) is 16.7. The molecule has 2 aromatic rings. The van der Waals surface area contributed by atoms with Gasteiger partial charge < -0.3 is 10.6 Å². The number of nitrogens with two attached hydrogens (primary N) is 1. The van der Waals surface area contributed by atoms with Gasteiger partial charge in [0.15, 0.2) is 0 Å². The first-order valence-electron chi connectivity index (χ1n) is 7.64. The van der Waals surface area contributed by atoms with Gasteiger partial charge in [-0.25, -0.2) is 0 Å². The largest absolute Gasteiger partial charge is 0.335 e. The van der Waals surface area contributed by atoms with Crippen molar-refractivity contribution >= 4 is 17.2 Å². The maximum atomic E-state index is 12.9. The molecule has 0 saturated carbocycles. The summed E-state index contributed by atoms with van der Waals surface area (Å²) in [5.74, 6) is -0.135. The quantitative estimate of drug-likeness (QED) is 0.880. The Morgan fingerprint density at radius 2 is 1.82 bits per heavy atom. The Balaban J connectivity index is 2.12. The average molecular weight is 316 g/mol. The summed E-state index contributed by atoms with van der Waals surface area (Å²) in [5.41, 5.74) is 7.31. The molecule has 118 valence electrons. The van der Waals surface area contributed by atoms with E-state index in [0.29, 0.717) is 6.54 Å². The fourth-order valence-electron chi connectivity index (χ4n) is 2.46. The zero-order chi connectivity index (χ0) is 16.1. The van der Waals surface area contributed by atoms with E-state index in [0.717, 1.165) is 5.56 Å². The highest BCUT2D eigenvalue weighted by atomic mass is 32.1. The number of thiophene rings is 1. The topological polar surface area (TPSA) is 46.3 Å². The van der Waals surface area contributed by atoms with Crippen LogP contribution in [0.25, 0.3) is 0 Å².